The summed E-state index contributed by atoms with van der Waals surface area (Å²) in [6.07, 6.45) is 2.42. The first-order valence-electron chi connectivity index (χ1n) is 4.75. The maximum Gasteiger partial charge on any atom is 0.335 e. The average Bonchev–Trinajstić information content (AvgIpc) is 2.28. The van der Waals surface area contributed by atoms with Gasteiger partial charge < -0.3 is 14.4 Å². The van der Waals surface area contributed by atoms with E-state index in [0.717, 1.165) is 17.2 Å². The topological polar surface area (TPSA) is 87.8 Å². The Morgan fingerprint density at radius 2 is 2.18 bits per heavy atom. The molecule has 0 aromatic carbocycles. The lowest BCUT2D eigenvalue weighted by Gasteiger charge is -2.18. The smallest absolute Gasteiger partial charge is 0.335 e. The molecule has 0 spiro atoms. The second-order valence-corrected chi connectivity index (χ2v) is 3.21. The number of hydrogen-bond acceptors (Lipinski definition) is 4. The summed E-state index contributed by atoms with van der Waals surface area (Å²) in [6, 6.07) is 2.38. The van der Waals surface area contributed by atoms with E-state index >= 15 is 0 Å². The van der Waals surface area contributed by atoms with Crippen LogP contribution in [0.2, 0.25) is 0 Å². The van der Waals surface area contributed by atoms with Gasteiger partial charge in [-0.05, 0) is 6.07 Å². The summed E-state index contributed by atoms with van der Waals surface area (Å²) in [5.41, 5.74) is -0.456. The van der Waals surface area contributed by atoms with Crippen LogP contribution in [0.4, 0.5) is 0 Å². The van der Waals surface area contributed by atoms with E-state index in [2.05, 4.69) is 11.0 Å². The Morgan fingerprint density at radius 3 is 2.65 bits per heavy atom. The molecule has 90 valence electrons. The Labute approximate surface area is 96.8 Å². The summed E-state index contributed by atoms with van der Waals surface area (Å²) in [5.74, 6) is -1.66. The number of aliphatic carboxylic acids is 1. The molecular weight excluding hydrogens is 226 g/mol. The van der Waals surface area contributed by atoms with Gasteiger partial charge in [-0.2, -0.15) is 0 Å². The summed E-state index contributed by atoms with van der Waals surface area (Å²) in [6.45, 7) is 3.10. The molecule has 0 unspecified atom stereocenters. The van der Waals surface area contributed by atoms with Gasteiger partial charge in [0, 0.05) is 12.6 Å². The van der Waals surface area contributed by atoms with Gasteiger partial charge in [0.05, 0.1) is 5.56 Å². The van der Waals surface area contributed by atoms with Crippen molar-refractivity contribution in [3.63, 3.8) is 0 Å². The molecule has 0 atom stereocenters. The Kier molecular flexibility index (Phi) is 4.21. The van der Waals surface area contributed by atoms with Gasteiger partial charge in [0.15, 0.2) is 0 Å². The van der Waals surface area contributed by atoms with Crippen LogP contribution < -0.4 is 5.63 Å². The van der Waals surface area contributed by atoms with Crippen molar-refractivity contribution in [2.75, 3.05) is 13.1 Å². The zero-order valence-corrected chi connectivity index (χ0v) is 8.96. The molecule has 0 aliphatic heterocycles. The Hall–Kier alpha value is -2.37. The van der Waals surface area contributed by atoms with E-state index in [1.54, 1.807) is 0 Å². The molecule has 1 rings (SSSR count). The molecule has 0 aliphatic carbocycles. The fraction of sp³-hybridized carbons (Fsp3) is 0.182. The highest BCUT2D eigenvalue weighted by Crippen LogP contribution is 2.03. The number of amides is 1. The maximum atomic E-state index is 11.8. The number of hydrogen-bond donors (Lipinski definition) is 1. The molecular formula is C11H11NO5. The molecule has 1 amide bonds. The van der Waals surface area contributed by atoms with Crippen LogP contribution in [-0.2, 0) is 4.79 Å². The molecule has 17 heavy (non-hydrogen) atoms. The van der Waals surface area contributed by atoms with Crippen molar-refractivity contribution in [1.82, 2.24) is 4.90 Å². The zero-order valence-electron chi connectivity index (χ0n) is 8.96. The van der Waals surface area contributed by atoms with Crippen LogP contribution in [0, 0.1) is 0 Å². The molecule has 1 aromatic rings. The normalized spacial score (nSPS) is 9.65. The first kappa shape index (κ1) is 12.7. The number of carboxylic acids is 1. The van der Waals surface area contributed by atoms with E-state index in [4.69, 9.17) is 5.11 Å². The highest BCUT2D eigenvalue weighted by atomic mass is 16.4. The van der Waals surface area contributed by atoms with Crippen molar-refractivity contribution in [3.05, 3.63) is 47.0 Å². The second kappa shape index (κ2) is 5.64. The van der Waals surface area contributed by atoms with Crippen molar-refractivity contribution in [3.8, 4) is 0 Å². The minimum absolute atomic E-state index is 0.101. The van der Waals surface area contributed by atoms with Crippen molar-refractivity contribution in [1.29, 1.82) is 0 Å². The van der Waals surface area contributed by atoms with E-state index in [9.17, 15) is 14.4 Å². The predicted molar refractivity (Wildman–Crippen MR) is 58.7 cm³/mol. The molecule has 0 saturated carbocycles. The first-order valence-corrected chi connectivity index (χ1v) is 4.75. The van der Waals surface area contributed by atoms with Gasteiger partial charge in [-0.15, -0.1) is 6.58 Å². The van der Waals surface area contributed by atoms with Crippen molar-refractivity contribution in [2.45, 2.75) is 0 Å². The van der Waals surface area contributed by atoms with Crippen LogP contribution in [0.25, 0.3) is 0 Å². The van der Waals surface area contributed by atoms with Gasteiger partial charge in [0.2, 0.25) is 0 Å². The van der Waals surface area contributed by atoms with Crippen LogP contribution in [0.1, 0.15) is 10.4 Å². The molecule has 1 aromatic heterocycles. The zero-order chi connectivity index (χ0) is 12.8. The van der Waals surface area contributed by atoms with Gasteiger partial charge in [-0.25, -0.2) is 4.79 Å². The SMILES string of the molecule is C=CCN(CC(=O)O)C(=O)c1ccc(=O)oc1. The Balaban J connectivity index is 2.90. The molecule has 6 heteroatoms. The third kappa shape index (κ3) is 3.60. The second-order valence-electron chi connectivity index (χ2n) is 3.21. The van der Waals surface area contributed by atoms with Crippen molar-refractivity contribution >= 4 is 11.9 Å². The number of carbonyl (C=O) groups excluding carboxylic acids is 1. The molecule has 0 fully saturated rings. The van der Waals surface area contributed by atoms with Crippen molar-refractivity contribution < 1.29 is 19.1 Å². The van der Waals surface area contributed by atoms with Gasteiger partial charge >= 0.3 is 11.6 Å². The quantitative estimate of drug-likeness (QED) is 0.746. The van der Waals surface area contributed by atoms with Gasteiger partial charge in [-0.3, -0.25) is 9.59 Å². The summed E-state index contributed by atoms with van der Waals surface area (Å²) in [7, 11) is 0. The van der Waals surface area contributed by atoms with E-state index in [1.165, 1.54) is 12.1 Å². The van der Waals surface area contributed by atoms with Gasteiger partial charge in [0.25, 0.3) is 5.91 Å². The van der Waals surface area contributed by atoms with Crippen LogP contribution in [0.3, 0.4) is 0 Å². The predicted octanol–water partition coefficient (Wildman–Crippen LogP) is 0.353. The lowest BCUT2D eigenvalue weighted by atomic mass is 10.2. The van der Waals surface area contributed by atoms with Crippen LogP contribution in [0.15, 0.2) is 40.3 Å². The Bertz CT molecular complexity index is 470. The number of carboxylic acid groups (broad SMARTS) is 1. The number of nitrogens with zero attached hydrogens (tertiary/aromatic N) is 1. The lowest BCUT2D eigenvalue weighted by molar-refractivity contribution is -0.137. The highest BCUT2D eigenvalue weighted by Gasteiger charge is 2.17. The summed E-state index contributed by atoms with van der Waals surface area (Å²) >= 11 is 0. The molecule has 1 N–H and O–H groups in total. The molecule has 6 nitrogen and oxygen atoms in total. The maximum absolute atomic E-state index is 11.8. The number of rotatable bonds is 5. The molecule has 0 bridgehead atoms. The lowest BCUT2D eigenvalue weighted by Crippen LogP contribution is -2.35. The molecule has 1 heterocycles. The minimum Gasteiger partial charge on any atom is -0.480 e. The largest absolute Gasteiger partial charge is 0.480 e. The third-order valence-electron chi connectivity index (χ3n) is 1.91. The average molecular weight is 237 g/mol. The summed E-state index contributed by atoms with van der Waals surface area (Å²) in [5, 5.41) is 8.65. The van der Waals surface area contributed by atoms with E-state index < -0.39 is 24.0 Å². The fourth-order valence-corrected chi connectivity index (χ4v) is 1.20. The molecule has 0 aliphatic rings. The minimum atomic E-state index is -1.13. The van der Waals surface area contributed by atoms with Gasteiger partial charge in [-0.1, -0.05) is 6.08 Å². The van der Waals surface area contributed by atoms with Crippen LogP contribution >= 0.6 is 0 Å². The highest BCUT2D eigenvalue weighted by molar-refractivity contribution is 5.95. The number of carbonyl (C=O) groups is 2. The van der Waals surface area contributed by atoms with E-state index in [0.29, 0.717) is 0 Å². The Morgan fingerprint density at radius 1 is 1.47 bits per heavy atom. The van der Waals surface area contributed by atoms with Crippen LogP contribution in [0.5, 0.6) is 0 Å². The monoisotopic (exact) mass is 237 g/mol. The summed E-state index contributed by atoms with van der Waals surface area (Å²) in [4.78, 5) is 34.2. The van der Waals surface area contributed by atoms with E-state index in [1.807, 2.05) is 0 Å². The van der Waals surface area contributed by atoms with Gasteiger partial charge in [0.1, 0.15) is 12.8 Å². The van der Waals surface area contributed by atoms with Crippen molar-refractivity contribution in [2.24, 2.45) is 0 Å². The van der Waals surface area contributed by atoms with Crippen LogP contribution in [-0.4, -0.2) is 35.0 Å². The third-order valence-corrected chi connectivity index (χ3v) is 1.91. The molecule has 0 saturated heterocycles. The summed E-state index contributed by atoms with van der Waals surface area (Å²) < 4.78 is 4.54. The molecule has 0 radical (unpaired) electrons. The first-order chi connectivity index (χ1) is 8.04. The standard InChI is InChI=1S/C11H11NO5/c1-2-5-12(6-9(13)14)11(16)8-3-4-10(15)17-7-8/h2-4,7H,1,5-6H2,(H,13,14). The van der Waals surface area contributed by atoms with E-state index in [-0.39, 0.29) is 12.1 Å². The fourth-order valence-electron chi connectivity index (χ4n) is 1.20.